The van der Waals surface area contributed by atoms with Crippen LogP contribution in [0, 0.1) is 0 Å². The van der Waals surface area contributed by atoms with Gasteiger partial charge in [-0.2, -0.15) is 0 Å². The van der Waals surface area contributed by atoms with Crippen molar-refractivity contribution in [1.29, 1.82) is 0 Å². The lowest BCUT2D eigenvalue weighted by atomic mass is 10.2. The Morgan fingerprint density at radius 1 is 0.947 bits per heavy atom. The molecule has 0 aliphatic heterocycles. The maximum absolute atomic E-state index is 5.79. The van der Waals surface area contributed by atoms with Crippen LogP contribution in [0.3, 0.4) is 0 Å². The molecule has 0 saturated carbocycles. The maximum Gasteiger partial charge on any atom is 0.241 e. The lowest BCUT2D eigenvalue weighted by Gasteiger charge is -2.08. The van der Waals surface area contributed by atoms with Gasteiger partial charge in [0.1, 0.15) is 6.61 Å². The number of nitrogens with two attached hydrogens (primary N) is 1. The summed E-state index contributed by atoms with van der Waals surface area (Å²) in [7, 11) is 0. The average Bonchev–Trinajstić information content (AvgIpc) is 2.48. The van der Waals surface area contributed by atoms with E-state index in [9.17, 15) is 0 Å². The van der Waals surface area contributed by atoms with E-state index in [0.717, 1.165) is 16.3 Å². The minimum Gasteiger partial charge on any atom is -0.471 e. The molecule has 3 aromatic rings. The van der Waals surface area contributed by atoms with E-state index in [1.54, 1.807) is 12.4 Å². The summed E-state index contributed by atoms with van der Waals surface area (Å²) in [5.74, 6) is 0.897. The topological polar surface area (TPSA) is 73.9 Å². The molecule has 5 heteroatoms. The molecule has 19 heavy (non-hydrogen) atoms. The molecule has 0 radical (unpaired) electrons. The van der Waals surface area contributed by atoms with E-state index >= 15 is 0 Å². The number of anilines is 1. The third kappa shape index (κ3) is 2.30. The Morgan fingerprint density at radius 2 is 1.68 bits per heavy atom. The van der Waals surface area contributed by atoms with Crippen LogP contribution in [0.25, 0.3) is 10.8 Å². The molecule has 0 aliphatic carbocycles. The molecule has 0 saturated heterocycles. The number of ether oxygens (including phenoxy) is 1. The molecule has 0 atom stereocenters. The van der Waals surface area contributed by atoms with Crippen molar-refractivity contribution in [3.63, 3.8) is 0 Å². The Morgan fingerprint density at radius 3 is 2.47 bits per heavy atom. The zero-order chi connectivity index (χ0) is 13.1. The summed E-state index contributed by atoms with van der Waals surface area (Å²) in [5, 5.41) is 9.63. The number of aromatic nitrogens is 3. The van der Waals surface area contributed by atoms with Crippen LogP contribution in [0.1, 0.15) is 5.56 Å². The second-order valence-electron chi connectivity index (χ2n) is 4.08. The van der Waals surface area contributed by atoms with Gasteiger partial charge in [0, 0.05) is 23.2 Å². The van der Waals surface area contributed by atoms with Gasteiger partial charge in [-0.15, -0.1) is 10.2 Å². The number of hydrogen-bond donors (Lipinski definition) is 1. The number of rotatable bonds is 3. The summed E-state index contributed by atoms with van der Waals surface area (Å²) in [5.41, 5.74) is 6.82. The maximum atomic E-state index is 5.79. The Kier molecular flexibility index (Phi) is 2.94. The van der Waals surface area contributed by atoms with Crippen LogP contribution in [0.5, 0.6) is 5.88 Å². The standard InChI is InChI=1S/C14H12N4O/c15-13-11-3-1-2-4-12(11)14(18-17-13)19-9-10-5-7-16-8-6-10/h1-8H,9H2,(H2,15,17). The number of benzene rings is 1. The van der Waals surface area contributed by atoms with Gasteiger partial charge < -0.3 is 10.5 Å². The van der Waals surface area contributed by atoms with Crippen molar-refractivity contribution >= 4 is 16.6 Å². The van der Waals surface area contributed by atoms with Gasteiger partial charge in [-0.3, -0.25) is 4.98 Å². The van der Waals surface area contributed by atoms with Crippen LogP contribution in [0.2, 0.25) is 0 Å². The van der Waals surface area contributed by atoms with E-state index in [2.05, 4.69) is 15.2 Å². The molecule has 2 aromatic heterocycles. The minimum atomic E-state index is 0.409. The monoisotopic (exact) mass is 252 g/mol. The Labute approximate surface area is 110 Å². The van der Waals surface area contributed by atoms with Crippen LogP contribution in [-0.4, -0.2) is 15.2 Å². The van der Waals surface area contributed by atoms with Crippen LogP contribution in [0.4, 0.5) is 5.82 Å². The van der Waals surface area contributed by atoms with E-state index < -0.39 is 0 Å². The fourth-order valence-corrected chi connectivity index (χ4v) is 1.84. The number of nitrogen functional groups attached to an aromatic ring is 1. The van der Waals surface area contributed by atoms with Gasteiger partial charge in [0.05, 0.1) is 0 Å². The van der Waals surface area contributed by atoms with E-state index in [0.29, 0.717) is 18.3 Å². The smallest absolute Gasteiger partial charge is 0.241 e. The summed E-state index contributed by atoms with van der Waals surface area (Å²) >= 11 is 0. The molecule has 0 aliphatic rings. The first-order valence-corrected chi connectivity index (χ1v) is 5.87. The summed E-state index contributed by atoms with van der Waals surface area (Å²) in [6.45, 7) is 0.422. The van der Waals surface area contributed by atoms with Crippen molar-refractivity contribution in [2.24, 2.45) is 0 Å². The highest BCUT2D eigenvalue weighted by Crippen LogP contribution is 2.26. The lowest BCUT2D eigenvalue weighted by molar-refractivity contribution is 0.294. The fraction of sp³-hybridized carbons (Fsp3) is 0.0714. The normalized spacial score (nSPS) is 10.5. The van der Waals surface area contributed by atoms with E-state index in [4.69, 9.17) is 10.5 Å². The van der Waals surface area contributed by atoms with Crippen molar-refractivity contribution in [3.05, 3.63) is 54.4 Å². The Balaban J connectivity index is 1.91. The molecule has 5 nitrogen and oxygen atoms in total. The average molecular weight is 252 g/mol. The van der Waals surface area contributed by atoms with Crippen molar-refractivity contribution in [2.45, 2.75) is 6.61 Å². The van der Waals surface area contributed by atoms with Gasteiger partial charge in [0.2, 0.25) is 5.88 Å². The molecule has 3 rings (SSSR count). The minimum absolute atomic E-state index is 0.409. The van der Waals surface area contributed by atoms with Gasteiger partial charge in [0.25, 0.3) is 0 Å². The first-order chi connectivity index (χ1) is 9.34. The first kappa shape index (κ1) is 11.4. The number of hydrogen-bond acceptors (Lipinski definition) is 5. The molecule has 94 valence electrons. The first-order valence-electron chi connectivity index (χ1n) is 5.87. The predicted octanol–water partition coefficient (Wildman–Crippen LogP) is 2.19. The lowest BCUT2D eigenvalue weighted by Crippen LogP contribution is -2.02. The van der Waals surface area contributed by atoms with Gasteiger partial charge >= 0.3 is 0 Å². The Bertz CT molecular complexity index is 700. The summed E-state index contributed by atoms with van der Waals surface area (Å²) in [4.78, 5) is 3.96. The SMILES string of the molecule is Nc1nnc(OCc2ccncc2)c2ccccc12. The quantitative estimate of drug-likeness (QED) is 0.773. The summed E-state index contributed by atoms with van der Waals surface area (Å²) < 4.78 is 5.70. The molecule has 0 spiro atoms. The third-order valence-corrected chi connectivity index (χ3v) is 2.81. The third-order valence-electron chi connectivity index (χ3n) is 2.81. The highest BCUT2D eigenvalue weighted by molar-refractivity contribution is 5.93. The molecule has 0 bridgehead atoms. The molecule has 2 N–H and O–H groups in total. The number of pyridine rings is 1. The van der Waals surface area contributed by atoms with E-state index in [1.165, 1.54) is 0 Å². The van der Waals surface area contributed by atoms with Crippen LogP contribution in [0.15, 0.2) is 48.8 Å². The Hall–Kier alpha value is -2.69. The van der Waals surface area contributed by atoms with Crippen molar-refractivity contribution in [1.82, 2.24) is 15.2 Å². The molecular formula is C14H12N4O. The van der Waals surface area contributed by atoms with Crippen LogP contribution in [-0.2, 0) is 6.61 Å². The molecular weight excluding hydrogens is 240 g/mol. The van der Waals surface area contributed by atoms with Gasteiger partial charge in [-0.05, 0) is 23.8 Å². The molecule has 2 heterocycles. The van der Waals surface area contributed by atoms with Crippen LogP contribution >= 0.6 is 0 Å². The molecule has 1 aromatic carbocycles. The molecule has 0 fully saturated rings. The van der Waals surface area contributed by atoms with Crippen LogP contribution < -0.4 is 10.5 Å². The van der Waals surface area contributed by atoms with E-state index in [-0.39, 0.29) is 0 Å². The summed E-state index contributed by atoms with van der Waals surface area (Å²) in [6.07, 6.45) is 3.46. The van der Waals surface area contributed by atoms with Gasteiger partial charge in [-0.25, -0.2) is 0 Å². The molecule has 0 unspecified atom stereocenters. The highest BCUT2D eigenvalue weighted by atomic mass is 16.5. The number of fused-ring (bicyclic) bond motifs is 1. The second-order valence-corrected chi connectivity index (χ2v) is 4.08. The zero-order valence-corrected chi connectivity index (χ0v) is 10.2. The van der Waals surface area contributed by atoms with Crippen molar-refractivity contribution in [2.75, 3.05) is 5.73 Å². The highest BCUT2D eigenvalue weighted by Gasteiger charge is 2.07. The van der Waals surface area contributed by atoms with Gasteiger partial charge in [-0.1, -0.05) is 18.2 Å². The second kappa shape index (κ2) is 4.89. The number of nitrogens with zero attached hydrogens (tertiary/aromatic N) is 3. The molecule has 0 amide bonds. The van der Waals surface area contributed by atoms with E-state index in [1.807, 2.05) is 36.4 Å². The fourth-order valence-electron chi connectivity index (χ4n) is 1.84. The van der Waals surface area contributed by atoms with Crippen molar-refractivity contribution in [3.8, 4) is 5.88 Å². The zero-order valence-electron chi connectivity index (χ0n) is 10.2. The largest absolute Gasteiger partial charge is 0.471 e. The van der Waals surface area contributed by atoms with Crippen molar-refractivity contribution < 1.29 is 4.74 Å². The van der Waals surface area contributed by atoms with Gasteiger partial charge in [0.15, 0.2) is 5.82 Å². The summed E-state index contributed by atoms with van der Waals surface area (Å²) in [6, 6.07) is 11.4. The predicted molar refractivity (Wildman–Crippen MR) is 72.5 cm³/mol.